The summed E-state index contributed by atoms with van der Waals surface area (Å²) >= 11 is 0. The first-order chi connectivity index (χ1) is 11.2. The molecule has 0 spiro atoms. The lowest BCUT2D eigenvalue weighted by atomic mass is 10.2. The number of hydrogen-bond donors (Lipinski definition) is 0. The Morgan fingerprint density at radius 1 is 1.30 bits per heavy atom. The van der Waals surface area contributed by atoms with E-state index in [0.717, 1.165) is 19.0 Å². The molecule has 1 aromatic rings. The Hall–Kier alpha value is -1.18. The number of nitrogens with zero attached hydrogens (tertiary/aromatic N) is 1. The molecule has 128 valence electrons. The van der Waals surface area contributed by atoms with E-state index in [0.29, 0.717) is 19.8 Å². The van der Waals surface area contributed by atoms with Gasteiger partial charge in [-0.15, -0.1) is 0 Å². The van der Waals surface area contributed by atoms with Crippen LogP contribution in [0.25, 0.3) is 0 Å². The van der Waals surface area contributed by atoms with E-state index in [-0.39, 0.29) is 6.10 Å². The van der Waals surface area contributed by atoms with Gasteiger partial charge in [-0.3, -0.25) is 0 Å². The van der Waals surface area contributed by atoms with Gasteiger partial charge in [-0.1, -0.05) is 36.9 Å². The van der Waals surface area contributed by atoms with Crippen LogP contribution in [0.15, 0.2) is 43.1 Å². The second-order valence-corrected chi connectivity index (χ2v) is 8.53. The SMILES string of the molecule is C=CN(Cc1ccccc1)CC1COCCC[Si](OC)(OC)O1. The van der Waals surface area contributed by atoms with Gasteiger partial charge in [0.05, 0.1) is 12.7 Å². The Morgan fingerprint density at radius 3 is 2.70 bits per heavy atom. The zero-order valence-corrected chi connectivity index (χ0v) is 15.1. The summed E-state index contributed by atoms with van der Waals surface area (Å²) in [6.07, 6.45) is 2.65. The predicted octanol–water partition coefficient (Wildman–Crippen LogP) is 2.67. The fourth-order valence-corrected chi connectivity index (χ4v) is 4.82. The van der Waals surface area contributed by atoms with Gasteiger partial charge in [0, 0.05) is 40.0 Å². The third-order valence-electron chi connectivity index (χ3n) is 3.97. The van der Waals surface area contributed by atoms with Gasteiger partial charge >= 0.3 is 8.80 Å². The normalized spacial score (nSPS) is 21.2. The van der Waals surface area contributed by atoms with Crippen molar-refractivity contribution in [1.82, 2.24) is 4.90 Å². The van der Waals surface area contributed by atoms with Gasteiger partial charge in [0.2, 0.25) is 0 Å². The molecule has 6 heteroatoms. The van der Waals surface area contributed by atoms with E-state index in [1.807, 2.05) is 24.4 Å². The van der Waals surface area contributed by atoms with Crippen molar-refractivity contribution in [3.8, 4) is 0 Å². The molecular formula is C17H27NO4Si. The van der Waals surface area contributed by atoms with E-state index in [4.69, 9.17) is 18.0 Å². The van der Waals surface area contributed by atoms with Crippen molar-refractivity contribution in [1.29, 1.82) is 0 Å². The fraction of sp³-hybridized carbons (Fsp3) is 0.529. The van der Waals surface area contributed by atoms with E-state index in [9.17, 15) is 0 Å². The highest BCUT2D eigenvalue weighted by Gasteiger charge is 2.42. The maximum absolute atomic E-state index is 6.23. The Kier molecular flexibility index (Phi) is 7.26. The molecule has 1 saturated heterocycles. The van der Waals surface area contributed by atoms with Crippen LogP contribution in [0.5, 0.6) is 0 Å². The predicted molar refractivity (Wildman–Crippen MR) is 91.9 cm³/mol. The number of ether oxygens (including phenoxy) is 1. The van der Waals surface area contributed by atoms with Gasteiger partial charge < -0.3 is 22.9 Å². The molecule has 0 amide bonds. The molecule has 1 aliphatic heterocycles. The fourth-order valence-electron chi connectivity index (χ4n) is 2.71. The van der Waals surface area contributed by atoms with Crippen LogP contribution in [-0.2, 0) is 24.6 Å². The van der Waals surface area contributed by atoms with Crippen LogP contribution in [-0.4, -0.2) is 53.8 Å². The van der Waals surface area contributed by atoms with E-state index in [1.165, 1.54) is 5.56 Å². The molecule has 23 heavy (non-hydrogen) atoms. The summed E-state index contributed by atoms with van der Waals surface area (Å²) in [4.78, 5) is 2.13. The van der Waals surface area contributed by atoms with Crippen LogP contribution in [0.1, 0.15) is 12.0 Å². The standard InChI is InChI=1S/C17H27NO4Si/c1-4-18(13-16-9-6-5-7-10-16)14-17-15-21-11-8-12-23(19-2,20-3)22-17/h4-7,9-10,17H,1,8,11-15H2,2-3H3. The van der Waals surface area contributed by atoms with E-state index in [1.54, 1.807) is 14.2 Å². The molecule has 0 aliphatic carbocycles. The Balaban J connectivity index is 2.00. The van der Waals surface area contributed by atoms with Crippen LogP contribution in [0.3, 0.4) is 0 Å². The molecule has 1 heterocycles. The number of hydrogen-bond acceptors (Lipinski definition) is 5. The second-order valence-electron chi connectivity index (χ2n) is 5.61. The van der Waals surface area contributed by atoms with Crippen molar-refractivity contribution < 1.29 is 18.0 Å². The maximum Gasteiger partial charge on any atom is 0.500 e. The van der Waals surface area contributed by atoms with Gasteiger partial charge in [0.1, 0.15) is 0 Å². The lowest BCUT2D eigenvalue weighted by Gasteiger charge is -2.35. The summed E-state index contributed by atoms with van der Waals surface area (Å²) in [7, 11) is 0.753. The van der Waals surface area contributed by atoms with E-state index in [2.05, 4.69) is 23.6 Å². The van der Waals surface area contributed by atoms with Crippen molar-refractivity contribution in [2.45, 2.75) is 25.1 Å². The van der Waals surface area contributed by atoms with Gasteiger partial charge in [-0.05, 0) is 18.2 Å². The molecule has 0 aromatic heterocycles. The average molecular weight is 337 g/mol. The molecule has 0 N–H and O–H groups in total. The summed E-state index contributed by atoms with van der Waals surface area (Å²) in [5.74, 6) is 0. The minimum absolute atomic E-state index is 0.0939. The summed E-state index contributed by atoms with van der Waals surface area (Å²) in [5, 5.41) is 0. The quantitative estimate of drug-likeness (QED) is 0.716. The summed E-state index contributed by atoms with van der Waals surface area (Å²) < 4.78 is 23.2. The smallest absolute Gasteiger partial charge is 0.379 e. The minimum Gasteiger partial charge on any atom is -0.379 e. The third-order valence-corrected chi connectivity index (χ3v) is 6.87. The molecule has 1 fully saturated rings. The van der Waals surface area contributed by atoms with Crippen molar-refractivity contribution in [2.24, 2.45) is 0 Å². The molecule has 1 aliphatic rings. The maximum atomic E-state index is 6.23. The zero-order chi connectivity index (χ0) is 16.5. The van der Waals surface area contributed by atoms with Crippen LogP contribution in [0, 0.1) is 0 Å². The molecule has 2 rings (SSSR count). The highest BCUT2D eigenvalue weighted by atomic mass is 28.4. The van der Waals surface area contributed by atoms with E-state index >= 15 is 0 Å². The number of benzene rings is 1. The monoisotopic (exact) mass is 337 g/mol. The summed E-state index contributed by atoms with van der Waals surface area (Å²) in [5.41, 5.74) is 1.24. The highest BCUT2D eigenvalue weighted by molar-refractivity contribution is 6.60. The van der Waals surface area contributed by atoms with E-state index < -0.39 is 8.80 Å². The average Bonchev–Trinajstić information content (AvgIpc) is 2.57. The first kappa shape index (κ1) is 18.2. The van der Waals surface area contributed by atoms with Gasteiger partial charge in [0.25, 0.3) is 0 Å². The molecule has 0 radical (unpaired) electrons. The van der Waals surface area contributed by atoms with Crippen molar-refractivity contribution >= 4 is 8.80 Å². The topological polar surface area (TPSA) is 40.2 Å². The van der Waals surface area contributed by atoms with Crippen molar-refractivity contribution in [2.75, 3.05) is 34.0 Å². The number of rotatable bonds is 7. The van der Waals surface area contributed by atoms with Crippen LogP contribution in [0.2, 0.25) is 6.04 Å². The second kappa shape index (κ2) is 9.20. The lowest BCUT2D eigenvalue weighted by molar-refractivity contribution is -0.0236. The third kappa shape index (κ3) is 5.44. The Bertz CT molecular complexity index is 467. The van der Waals surface area contributed by atoms with Crippen molar-refractivity contribution in [3.63, 3.8) is 0 Å². The zero-order valence-electron chi connectivity index (χ0n) is 14.1. The van der Waals surface area contributed by atoms with Gasteiger partial charge in [-0.25, -0.2) is 0 Å². The van der Waals surface area contributed by atoms with Crippen LogP contribution < -0.4 is 0 Å². The van der Waals surface area contributed by atoms with Crippen molar-refractivity contribution in [3.05, 3.63) is 48.7 Å². The lowest BCUT2D eigenvalue weighted by Crippen LogP contribution is -2.51. The summed E-state index contributed by atoms with van der Waals surface area (Å²) in [6.45, 7) is 6.66. The molecule has 0 saturated carbocycles. The molecule has 1 aromatic carbocycles. The van der Waals surface area contributed by atoms with Gasteiger partial charge in [-0.2, -0.15) is 0 Å². The van der Waals surface area contributed by atoms with Gasteiger partial charge in [0.15, 0.2) is 0 Å². The first-order valence-corrected chi connectivity index (χ1v) is 9.91. The minimum atomic E-state index is -2.59. The molecule has 1 atom stereocenters. The Morgan fingerprint density at radius 2 is 2.04 bits per heavy atom. The molecule has 1 unspecified atom stereocenters. The molecule has 5 nitrogen and oxygen atoms in total. The summed E-state index contributed by atoms with van der Waals surface area (Å²) in [6, 6.07) is 11.1. The van der Waals surface area contributed by atoms with Crippen LogP contribution in [0.4, 0.5) is 0 Å². The molecule has 0 bridgehead atoms. The van der Waals surface area contributed by atoms with Crippen LogP contribution >= 0.6 is 0 Å². The highest BCUT2D eigenvalue weighted by Crippen LogP contribution is 2.21. The largest absolute Gasteiger partial charge is 0.500 e. The molecular weight excluding hydrogens is 310 g/mol. The first-order valence-electron chi connectivity index (χ1n) is 7.98. The Labute approximate surface area is 140 Å².